The van der Waals surface area contributed by atoms with Crippen molar-refractivity contribution in [2.45, 2.75) is 0 Å². The van der Waals surface area contributed by atoms with E-state index in [2.05, 4.69) is 27.9 Å². The standard InChI is InChI=1S/C13H9ClINO2/c14-9-3-5-12(11(15)8-9)16-13(17)6-4-10-2-1-7-18-10/h1-8H,(H,16,17)/b6-4+. The molecule has 1 aromatic heterocycles. The summed E-state index contributed by atoms with van der Waals surface area (Å²) in [7, 11) is 0. The van der Waals surface area contributed by atoms with Crippen LogP contribution in [0.15, 0.2) is 47.1 Å². The lowest BCUT2D eigenvalue weighted by atomic mass is 10.3. The number of furan rings is 1. The van der Waals surface area contributed by atoms with E-state index in [0.717, 1.165) is 9.26 Å². The number of anilines is 1. The van der Waals surface area contributed by atoms with Crippen LogP contribution < -0.4 is 5.32 Å². The first kappa shape index (κ1) is 13.2. The summed E-state index contributed by atoms with van der Waals surface area (Å²) in [5.74, 6) is 0.419. The van der Waals surface area contributed by atoms with Crippen LogP contribution in [0.5, 0.6) is 0 Å². The van der Waals surface area contributed by atoms with Crippen LogP contribution in [0, 0.1) is 3.57 Å². The van der Waals surface area contributed by atoms with E-state index in [1.54, 1.807) is 42.7 Å². The first-order valence-corrected chi connectivity index (χ1v) is 6.58. The molecule has 0 aliphatic rings. The zero-order valence-electron chi connectivity index (χ0n) is 9.19. The van der Waals surface area contributed by atoms with Gasteiger partial charge in [-0.25, -0.2) is 0 Å². The Kier molecular flexibility index (Phi) is 4.43. The summed E-state index contributed by atoms with van der Waals surface area (Å²) in [6, 6.07) is 8.82. The van der Waals surface area contributed by atoms with Gasteiger partial charge in [0.15, 0.2) is 0 Å². The number of benzene rings is 1. The van der Waals surface area contributed by atoms with Gasteiger partial charge < -0.3 is 9.73 Å². The molecule has 0 radical (unpaired) electrons. The molecular formula is C13H9ClINO2. The summed E-state index contributed by atoms with van der Waals surface area (Å²) in [6.07, 6.45) is 4.58. The average molecular weight is 374 g/mol. The number of amides is 1. The van der Waals surface area contributed by atoms with Crippen LogP contribution in [0.25, 0.3) is 6.08 Å². The van der Waals surface area contributed by atoms with Crippen molar-refractivity contribution in [1.29, 1.82) is 0 Å². The molecule has 2 rings (SSSR count). The van der Waals surface area contributed by atoms with Crippen molar-refractivity contribution in [3.63, 3.8) is 0 Å². The van der Waals surface area contributed by atoms with Crippen molar-refractivity contribution in [2.24, 2.45) is 0 Å². The molecule has 0 spiro atoms. The molecule has 5 heteroatoms. The average Bonchev–Trinajstić information content (AvgIpc) is 2.83. The molecule has 0 fully saturated rings. The van der Waals surface area contributed by atoms with Crippen LogP contribution in [-0.4, -0.2) is 5.91 Å². The summed E-state index contributed by atoms with van der Waals surface area (Å²) >= 11 is 7.95. The molecule has 1 aromatic carbocycles. The number of rotatable bonds is 3. The van der Waals surface area contributed by atoms with Crippen molar-refractivity contribution in [3.05, 3.63) is 57.0 Å². The van der Waals surface area contributed by atoms with E-state index in [1.807, 2.05) is 0 Å². The van der Waals surface area contributed by atoms with Crippen molar-refractivity contribution >= 4 is 51.9 Å². The molecule has 1 heterocycles. The number of carbonyl (C=O) groups is 1. The van der Waals surface area contributed by atoms with Gasteiger partial charge in [0.2, 0.25) is 5.91 Å². The van der Waals surface area contributed by atoms with Gasteiger partial charge in [0.05, 0.1) is 12.0 Å². The Morgan fingerprint density at radius 1 is 1.39 bits per heavy atom. The topological polar surface area (TPSA) is 42.2 Å². The smallest absolute Gasteiger partial charge is 0.248 e. The van der Waals surface area contributed by atoms with Gasteiger partial charge in [-0.1, -0.05) is 11.6 Å². The minimum Gasteiger partial charge on any atom is -0.465 e. The number of halogens is 2. The normalized spacial score (nSPS) is 10.8. The molecule has 0 unspecified atom stereocenters. The van der Waals surface area contributed by atoms with Crippen LogP contribution in [0.4, 0.5) is 5.69 Å². The quantitative estimate of drug-likeness (QED) is 0.647. The minimum atomic E-state index is -0.216. The zero-order valence-corrected chi connectivity index (χ0v) is 12.1. The molecule has 3 nitrogen and oxygen atoms in total. The van der Waals surface area contributed by atoms with Gasteiger partial charge in [0, 0.05) is 14.7 Å². The second-order valence-electron chi connectivity index (χ2n) is 3.46. The lowest BCUT2D eigenvalue weighted by Crippen LogP contribution is -2.08. The third-order valence-electron chi connectivity index (χ3n) is 2.13. The molecule has 0 saturated carbocycles. The number of hydrogen-bond donors (Lipinski definition) is 1. The predicted octanol–water partition coefficient (Wildman–Crippen LogP) is 4.19. The predicted molar refractivity (Wildman–Crippen MR) is 80.5 cm³/mol. The zero-order chi connectivity index (χ0) is 13.0. The van der Waals surface area contributed by atoms with Gasteiger partial charge in [0.25, 0.3) is 0 Å². The van der Waals surface area contributed by atoms with Gasteiger partial charge in [-0.3, -0.25) is 4.79 Å². The SMILES string of the molecule is O=C(/C=C/c1ccco1)Nc1ccc(Cl)cc1I. The summed E-state index contributed by atoms with van der Waals surface area (Å²) in [4.78, 5) is 11.7. The summed E-state index contributed by atoms with van der Waals surface area (Å²) < 4.78 is 5.98. The third-order valence-corrected chi connectivity index (χ3v) is 3.26. The monoisotopic (exact) mass is 373 g/mol. The molecule has 2 aromatic rings. The van der Waals surface area contributed by atoms with Gasteiger partial charge in [-0.05, 0) is 59.0 Å². The maximum absolute atomic E-state index is 11.7. The molecule has 0 aliphatic heterocycles. The summed E-state index contributed by atoms with van der Waals surface area (Å²) in [5.41, 5.74) is 0.731. The van der Waals surface area contributed by atoms with E-state index in [4.69, 9.17) is 16.0 Å². The minimum absolute atomic E-state index is 0.216. The lowest BCUT2D eigenvalue weighted by molar-refractivity contribution is -0.111. The van der Waals surface area contributed by atoms with Crippen LogP contribution in [0.3, 0.4) is 0 Å². The maximum atomic E-state index is 11.7. The highest BCUT2D eigenvalue weighted by atomic mass is 127. The molecule has 0 aliphatic carbocycles. The van der Waals surface area contributed by atoms with Crippen molar-refractivity contribution in [3.8, 4) is 0 Å². The molecule has 18 heavy (non-hydrogen) atoms. The second kappa shape index (κ2) is 6.06. The Balaban J connectivity index is 2.03. The highest BCUT2D eigenvalue weighted by Gasteiger charge is 2.03. The molecule has 0 bridgehead atoms. The van der Waals surface area contributed by atoms with E-state index in [-0.39, 0.29) is 5.91 Å². The fourth-order valence-electron chi connectivity index (χ4n) is 1.31. The number of hydrogen-bond acceptors (Lipinski definition) is 2. The highest BCUT2D eigenvalue weighted by molar-refractivity contribution is 14.1. The second-order valence-corrected chi connectivity index (χ2v) is 5.06. The third kappa shape index (κ3) is 3.61. The Bertz CT molecular complexity index is 579. The molecule has 92 valence electrons. The van der Waals surface area contributed by atoms with Gasteiger partial charge in [-0.15, -0.1) is 0 Å². The molecule has 0 saturated heterocycles. The van der Waals surface area contributed by atoms with E-state index in [9.17, 15) is 4.79 Å². The Labute approximate surface area is 123 Å². The first-order valence-electron chi connectivity index (χ1n) is 5.13. The molecule has 1 N–H and O–H groups in total. The lowest BCUT2D eigenvalue weighted by Gasteiger charge is -2.04. The fraction of sp³-hybridized carbons (Fsp3) is 0. The molecular weight excluding hydrogens is 365 g/mol. The van der Waals surface area contributed by atoms with E-state index in [1.165, 1.54) is 6.08 Å². The van der Waals surface area contributed by atoms with E-state index in [0.29, 0.717) is 10.8 Å². The van der Waals surface area contributed by atoms with Crippen LogP contribution in [0.1, 0.15) is 5.76 Å². The van der Waals surface area contributed by atoms with Gasteiger partial charge >= 0.3 is 0 Å². The maximum Gasteiger partial charge on any atom is 0.248 e. The van der Waals surface area contributed by atoms with E-state index < -0.39 is 0 Å². The van der Waals surface area contributed by atoms with Crippen LogP contribution in [0.2, 0.25) is 5.02 Å². The van der Waals surface area contributed by atoms with Gasteiger partial charge in [0.1, 0.15) is 5.76 Å². The largest absolute Gasteiger partial charge is 0.465 e. The molecule has 0 atom stereocenters. The van der Waals surface area contributed by atoms with Crippen LogP contribution in [-0.2, 0) is 4.79 Å². The number of carbonyl (C=O) groups excluding carboxylic acids is 1. The van der Waals surface area contributed by atoms with E-state index >= 15 is 0 Å². The fourth-order valence-corrected chi connectivity index (χ4v) is 2.32. The van der Waals surface area contributed by atoms with Gasteiger partial charge in [-0.2, -0.15) is 0 Å². The Hall–Kier alpha value is -1.27. The summed E-state index contributed by atoms with van der Waals surface area (Å²) in [6.45, 7) is 0. The highest BCUT2D eigenvalue weighted by Crippen LogP contribution is 2.22. The Morgan fingerprint density at radius 2 is 2.22 bits per heavy atom. The Morgan fingerprint density at radius 3 is 2.89 bits per heavy atom. The first-order chi connectivity index (χ1) is 8.65. The number of nitrogens with one attached hydrogen (secondary N) is 1. The molecule has 1 amide bonds. The van der Waals surface area contributed by atoms with Crippen molar-refractivity contribution in [2.75, 3.05) is 5.32 Å². The summed E-state index contributed by atoms with van der Waals surface area (Å²) in [5, 5.41) is 3.41. The van der Waals surface area contributed by atoms with Crippen molar-refractivity contribution < 1.29 is 9.21 Å². The van der Waals surface area contributed by atoms with Crippen LogP contribution >= 0.6 is 34.2 Å². The van der Waals surface area contributed by atoms with Crippen molar-refractivity contribution in [1.82, 2.24) is 0 Å².